The monoisotopic (exact) mass is 457 g/mol. The number of ether oxygens (including phenoxy) is 4. The molecule has 0 aromatic rings. The molecule has 0 aliphatic carbocycles. The molecule has 0 saturated heterocycles. The highest BCUT2D eigenvalue weighted by molar-refractivity contribution is 7.99. The van der Waals surface area contributed by atoms with E-state index in [1.165, 1.54) is 68.1 Å². The average Bonchev–Trinajstić information content (AvgIpc) is 2.71. The lowest BCUT2D eigenvalue weighted by Crippen LogP contribution is -2.32. The molecule has 0 bridgehead atoms. The molecule has 0 amide bonds. The van der Waals surface area contributed by atoms with Crippen molar-refractivity contribution in [3.63, 3.8) is 0 Å². The van der Waals surface area contributed by atoms with Crippen LogP contribution in [-0.4, -0.2) is 128 Å². The van der Waals surface area contributed by atoms with Gasteiger partial charge in [0.1, 0.15) is 0 Å². The summed E-state index contributed by atoms with van der Waals surface area (Å²) < 4.78 is 21.3. The molecule has 0 aliphatic heterocycles. The molecule has 0 radical (unpaired) electrons. The molecule has 0 aliphatic rings. The lowest BCUT2D eigenvalue weighted by molar-refractivity contribution is 0.213. The van der Waals surface area contributed by atoms with E-state index in [-0.39, 0.29) is 15.8 Å². The van der Waals surface area contributed by atoms with E-state index in [0.717, 1.165) is 26.4 Å². The Morgan fingerprint density at radius 2 is 1.00 bits per heavy atom. The summed E-state index contributed by atoms with van der Waals surface area (Å²) in [5.74, 6) is 2.44. The SMILES string of the molecule is CCSCCN(CCP(CCOC)CCOC)CCP(CCOC)CCOC. The molecule has 5 nitrogen and oxygen atoms in total. The number of hydrogen-bond donors (Lipinski definition) is 0. The lowest BCUT2D eigenvalue weighted by atomic mass is 10.5. The molecular formula is C20H45NO4P2S. The van der Waals surface area contributed by atoms with E-state index in [1.54, 1.807) is 28.4 Å². The highest BCUT2D eigenvalue weighted by atomic mass is 32.2. The van der Waals surface area contributed by atoms with Crippen molar-refractivity contribution in [1.29, 1.82) is 0 Å². The van der Waals surface area contributed by atoms with Gasteiger partial charge in [0.25, 0.3) is 0 Å². The van der Waals surface area contributed by atoms with Gasteiger partial charge in [0.05, 0.1) is 26.4 Å². The van der Waals surface area contributed by atoms with Crippen molar-refractivity contribution < 1.29 is 18.9 Å². The van der Waals surface area contributed by atoms with Gasteiger partial charge in [0.2, 0.25) is 0 Å². The maximum Gasteiger partial charge on any atom is 0.0501 e. The number of rotatable bonds is 22. The molecule has 0 rings (SSSR count). The van der Waals surface area contributed by atoms with Gasteiger partial charge < -0.3 is 23.8 Å². The fourth-order valence-electron chi connectivity index (χ4n) is 2.79. The van der Waals surface area contributed by atoms with Crippen LogP contribution in [0.4, 0.5) is 0 Å². The zero-order chi connectivity index (χ0) is 20.9. The molecule has 8 heteroatoms. The zero-order valence-corrected chi connectivity index (χ0v) is 21.6. The summed E-state index contributed by atoms with van der Waals surface area (Å²) in [5, 5.41) is 0. The summed E-state index contributed by atoms with van der Waals surface area (Å²) in [6.45, 7) is 9.37. The van der Waals surface area contributed by atoms with Crippen LogP contribution < -0.4 is 0 Å². The second-order valence-electron chi connectivity index (χ2n) is 6.69. The maximum atomic E-state index is 5.33. The minimum Gasteiger partial charge on any atom is -0.384 e. The first-order chi connectivity index (χ1) is 13.7. The van der Waals surface area contributed by atoms with Crippen LogP contribution in [0.25, 0.3) is 0 Å². The molecule has 0 N–H and O–H groups in total. The Labute approximate surface area is 181 Å². The van der Waals surface area contributed by atoms with E-state index in [1.807, 2.05) is 11.8 Å². The number of methoxy groups -OCH3 is 4. The predicted molar refractivity (Wildman–Crippen MR) is 130 cm³/mol. The molecule has 0 saturated carbocycles. The van der Waals surface area contributed by atoms with Gasteiger partial charge in [-0.2, -0.15) is 11.8 Å². The summed E-state index contributed by atoms with van der Waals surface area (Å²) in [6, 6.07) is 0. The summed E-state index contributed by atoms with van der Waals surface area (Å²) in [4.78, 5) is 2.70. The van der Waals surface area contributed by atoms with Crippen LogP contribution >= 0.6 is 27.6 Å². The molecule has 0 unspecified atom stereocenters. The third kappa shape index (κ3) is 17.8. The minimum absolute atomic E-state index is 0.00150. The Kier molecular flexibility index (Phi) is 23.5. The summed E-state index contributed by atoms with van der Waals surface area (Å²) >= 11 is 2.05. The first kappa shape index (κ1) is 29.0. The Balaban J connectivity index is 4.56. The molecule has 0 aromatic carbocycles. The van der Waals surface area contributed by atoms with Gasteiger partial charge in [0.15, 0.2) is 0 Å². The van der Waals surface area contributed by atoms with Gasteiger partial charge in [0, 0.05) is 53.8 Å². The quantitative estimate of drug-likeness (QED) is 0.183. The topological polar surface area (TPSA) is 40.2 Å². The lowest BCUT2D eigenvalue weighted by Gasteiger charge is -2.27. The number of nitrogens with zero attached hydrogens (tertiary/aromatic N) is 1. The van der Waals surface area contributed by atoms with E-state index in [2.05, 4.69) is 11.8 Å². The number of hydrogen-bond acceptors (Lipinski definition) is 6. The Bertz CT molecular complexity index is 280. The van der Waals surface area contributed by atoms with Gasteiger partial charge in [-0.25, -0.2) is 0 Å². The normalized spacial score (nSPS) is 12.0. The molecule has 28 heavy (non-hydrogen) atoms. The maximum absolute atomic E-state index is 5.33. The van der Waals surface area contributed by atoms with Crippen molar-refractivity contribution in [2.24, 2.45) is 0 Å². The first-order valence-electron chi connectivity index (χ1n) is 10.4. The van der Waals surface area contributed by atoms with Crippen molar-refractivity contribution >= 4 is 27.6 Å². The third-order valence-electron chi connectivity index (χ3n) is 4.67. The highest BCUT2D eigenvalue weighted by Crippen LogP contribution is 2.36. The Morgan fingerprint density at radius 3 is 1.32 bits per heavy atom. The van der Waals surface area contributed by atoms with Crippen molar-refractivity contribution in [3.05, 3.63) is 0 Å². The van der Waals surface area contributed by atoms with Gasteiger partial charge in [-0.1, -0.05) is 6.92 Å². The number of thioether (sulfide) groups is 1. The smallest absolute Gasteiger partial charge is 0.0501 e. The summed E-state index contributed by atoms with van der Waals surface area (Å²) in [6.07, 6.45) is 7.38. The summed E-state index contributed by atoms with van der Waals surface area (Å²) in [7, 11) is 7.22. The van der Waals surface area contributed by atoms with Crippen molar-refractivity contribution in [2.45, 2.75) is 6.92 Å². The van der Waals surface area contributed by atoms with Crippen LogP contribution in [0.1, 0.15) is 6.92 Å². The van der Waals surface area contributed by atoms with Crippen LogP contribution in [0.5, 0.6) is 0 Å². The van der Waals surface area contributed by atoms with E-state index in [9.17, 15) is 0 Å². The predicted octanol–water partition coefficient (Wildman–Crippen LogP) is 3.59. The highest BCUT2D eigenvalue weighted by Gasteiger charge is 2.14. The van der Waals surface area contributed by atoms with E-state index in [4.69, 9.17) is 18.9 Å². The van der Waals surface area contributed by atoms with Crippen LogP contribution in [0.2, 0.25) is 0 Å². The largest absolute Gasteiger partial charge is 0.384 e. The van der Waals surface area contributed by atoms with Crippen LogP contribution in [0.3, 0.4) is 0 Å². The molecule has 0 aromatic heterocycles. The summed E-state index contributed by atoms with van der Waals surface area (Å²) in [5.41, 5.74) is 0. The van der Waals surface area contributed by atoms with Crippen molar-refractivity contribution in [3.8, 4) is 0 Å². The van der Waals surface area contributed by atoms with Crippen molar-refractivity contribution in [2.75, 3.05) is 123 Å². The molecule has 0 heterocycles. The Hall–Kier alpha value is 1.01. The molecular weight excluding hydrogens is 412 g/mol. The standard InChI is InChI=1S/C20H45NO4P2S/c1-6-28-20-9-21(7-14-26(16-10-22-2)17-11-23-3)8-15-27(18-12-24-4)19-13-25-5/h6-20H2,1-5H3. The van der Waals surface area contributed by atoms with E-state index < -0.39 is 0 Å². The van der Waals surface area contributed by atoms with Crippen LogP contribution in [0, 0.1) is 0 Å². The minimum atomic E-state index is -0.00150. The fraction of sp³-hybridized carbons (Fsp3) is 1.00. The second-order valence-corrected chi connectivity index (χ2v) is 13.5. The Morgan fingerprint density at radius 1 is 0.607 bits per heavy atom. The zero-order valence-electron chi connectivity index (χ0n) is 19.0. The second kappa shape index (κ2) is 22.7. The van der Waals surface area contributed by atoms with Gasteiger partial charge in [-0.3, -0.25) is 0 Å². The third-order valence-corrected chi connectivity index (χ3v) is 10.5. The molecule has 170 valence electrons. The van der Waals surface area contributed by atoms with Gasteiger partial charge in [-0.05, 0) is 42.7 Å². The van der Waals surface area contributed by atoms with Gasteiger partial charge >= 0.3 is 0 Å². The molecule has 0 spiro atoms. The fourth-order valence-corrected chi connectivity index (χ4v) is 7.70. The molecule has 0 atom stereocenters. The van der Waals surface area contributed by atoms with Crippen molar-refractivity contribution in [1.82, 2.24) is 4.90 Å². The van der Waals surface area contributed by atoms with Gasteiger partial charge in [-0.15, -0.1) is 15.8 Å². The molecule has 0 fully saturated rings. The average molecular weight is 458 g/mol. The van der Waals surface area contributed by atoms with Crippen LogP contribution in [-0.2, 0) is 18.9 Å². The van der Waals surface area contributed by atoms with E-state index in [0.29, 0.717) is 0 Å². The van der Waals surface area contributed by atoms with Crippen LogP contribution in [0.15, 0.2) is 0 Å². The van der Waals surface area contributed by atoms with E-state index >= 15 is 0 Å². The first-order valence-corrected chi connectivity index (χ1v) is 15.4.